The largest absolute Gasteiger partial charge is 0.455 e. The smallest absolute Gasteiger partial charge is 0.145 e. The van der Waals surface area contributed by atoms with Crippen molar-refractivity contribution in [1.82, 2.24) is 0 Å². The normalized spacial score (nSPS) is 12.9. The summed E-state index contributed by atoms with van der Waals surface area (Å²) in [5.41, 5.74) is 17.2. The molecule has 0 atom stereocenters. The molecule has 0 fully saturated rings. The van der Waals surface area contributed by atoms with Crippen molar-refractivity contribution in [2.24, 2.45) is 0 Å². The highest BCUT2D eigenvalue weighted by molar-refractivity contribution is 6.17. The molecule has 1 aromatic heterocycles. The van der Waals surface area contributed by atoms with Gasteiger partial charge in [0.15, 0.2) is 0 Å². The molecule has 252 valence electrons. The van der Waals surface area contributed by atoms with Crippen LogP contribution in [-0.2, 0) is 5.41 Å². The second-order valence-corrected chi connectivity index (χ2v) is 14.5. The lowest BCUT2D eigenvalue weighted by Gasteiger charge is -2.32. The van der Waals surface area contributed by atoms with Crippen LogP contribution in [0.5, 0.6) is 0 Å². The Morgan fingerprint density at radius 1 is 0.415 bits per heavy atom. The van der Waals surface area contributed by atoms with E-state index >= 15 is 0 Å². The first-order valence-corrected chi connectivity index (χ1v) is 18.4. The standard InChI is InChI=1S/C51H37NO/c1-51(2)44-21-11-9-18-41(44)42-20-13-22-46(49(42)51)52(39-30-28-37(29-31-39)36-26-24-35(25-27-36)34-14-5-3-6-15-34)45-33-32-40(38-16-7-4-8-17-38)50-48(45)43-19-10-12-23-47(43)53-50/h3-33H,1-2H3. The Balaban J connectivity index is 1.19. The van der Waals surface area contributed by atoms with Crippen LogP contribution in [0.1, 0.15) is 25.0 Å². The van der Waals surface area contributed by atoms with E-state index in [4.69, 9.17) is 4.42 Å². The molecule has 0 saturated heterocycles. The van der Waals surface area contributed by atoms with Crippen molar-refractivity contribution in [2.75, 3.05) is 4.90 Å². The lowest BCUT2D eigenvalue weighted by atomic mass is 9.81. The van der Waals surface area contributed by atoms with Crippen LogP contribution < -0.4 is 4.90 Å². The zero-order valence-electron chi connectivity index (χ0n) is 29.8. The van der Waals surface area contributed by atoms with E-state index in [1.807, 2.05) is 0 Å². The summed E-state index contributed by atoms with van der Waals surface area (Å²) in [7, 11) is 0. The summed E-state index contributed by atoms with van der Waals surface area (Å²) < 4.78 is 6.78. The van der Waals surface area contributed by atoms with Gasteiger partial charge >= 0.3 is 0 Å². The van der Waals surface area contributed by atoms with Gasteiger partial charge in [-0.2, -0.15) is 0 Å². The van der Waals surface area contributed by atoms with Gasteiger partial charge in [-0.25, -0.2) is 0 Å². The molecule has 0 spiro atoms. The van der Waals surface area contributed by atoms with Crippen molar-refractivity contribution in [3.05, 3.63) is 199 Å². The molecule has 0 bridgehead atoms. The number of hydrogen-bond donors (Lipinski definition) is 0. The average molecular weight is 680 g/mol. The second kappa shape index (κ2) is 12.3. The van der Waals surface area contributed by atoms with Crippen molar-refractivity contribution in [1.29, 1.82) is 0 Å². The van der Waals surface area contributed by atoms with E-state index in [1.54, 1.807) is 0 Å². The first-order valence-electron chi connectivity index (χ1n) is 18.4. The van der Waals surface area contributed by atoms with Crippen LogP contribution in [-0.4, -0.2) is 0 Å². The summed E-state index contributed by atoms with van der Waals surface area (Å²) in [6.07, 6.45) is 0. The third-order valence-corrected chi connectivity index (χ3v) is 11.1. The van der Waals surface area contributed by atoms with Crippen LogP contribution in [0.25, 0.3) is 66.4 Å². The number of para-hydroxylation sites is 1. The predicted molar refractivity (Wildman–Crippen MR) is 222 cm³/mol. The Morgan fingerprint density at radius 2 is 0.981 bits per heavy atom. The minimum atomic E-state index is -0.206. The van der Waals surface area contributed by atoms with E-state index in [-0.39, 0.29) is 5.41 Å². The van der Waals surface area contributed by atoms with Crippen molar-refractivity contribution in [3.8, 4) is 44.5 Å². The Bertz CT molecular complexity index is 2780. The summed E-state index contributed by atoms with van der Waals surface area (Å²) in [6, 6.07) is 67.7. The van der Waals surface area contributed by atoms with Gasteiger partial charge < -0.3 is 9.32 Å². The molecule has 10 rings (SSSR count). The molecule has 0 aliphatic heterocycles. The number of anilines is 3. The van der Waals surface area contributed by atoms with E-state index in [2.05, 4.69) is 207 Å². The van der Waals surface area contributed by atoms with Gasteiger partial charge in [-0.1, -0.05) is 166 Å². The molecule has 0 radical (unpaired) electrons. The lowest BCUT2D eigenvalue weighted by molar-refractivity contribution is 0.661. The first-order chi connectivity index (χ1) is 26.1. The van der Waals surface area contributed by atoms with Gasteiger partial charge in [-0.3, -0.25) is 0 Å². The summed E-state index contributed by atoms with van der Waals surface area (Å²) in [5.74, 6) is 0. The molecule has 2 nitrogen and oxygen atoms in total. The van der Waals surface area contributed by atoms with E-state index in [0.29, 0.717) is 0 Å². The number of nitrogens with zero attached hydrogens (tertiary/aromatic N) is 1. The highest BCUT2D eigenvalue weighted by Gasteiger charge is 2.39. The predicted octanol–water partition coefficient (Wildman–Crippen LogP) is 14.4. The third-order valence-electron chi connectivity index (χ3n) is 11.1. The molecule has 0 N–H and O–H groups in total. The highest BCUT2D eigenvalue weighted by atomic mass is 16.3. The summed E-state index contributed by atoms with van der Waals surface area (Å²) in [5, 5.41) is 2.21. The molecule has 1 aliphatic carbocycles. The van der Waals surface area contributed by atoms with E-state index in [0.717, 1.165) is 44.4 Å². The second-order valence-electron chi connectivity index (χ2n) is 14.5. The number of fused-ring (bicyclic) bond motifs is 6. The molecule has 2 heteroatoms. The maximum absolute atomic E-state index is 6.78. The fourth-order valence-electron chi connectivity index (χ4n) is 8.54. The van der Waals surface area contributed by atoms with Crippen LogP contribution in [0.3, 0.4) is 0 Å². The summed E-state index contributed by atoms with van der Waals surface area (Å²) in [4.78, 5) is 2.47. The number of rotatable bonds is 6. The van der Waals surface area contributed by atoms with Crippen molar-refractivity contribution < 1.29 is 4.42 Å². The third kappa shape index (κ3) is 5.02. The molecule has 53 heavy (non-hydrogen) atoms. The molecular formula is C51H37NO. The lowest BCUT2D eigenvalue weighted by Crippen LogP contribution is -2.20. The van der Waals surface area contributed by atoms with Gasteiger partial charge in [0.2, 0.25) is 0 Å². The maximum atomic E-state index is 6.78. The van der Waals surface area contributed by atoms with E-state index in [9.17, 15) is 0 Å². The number of hydrogen-bond acceptors (Lipinski definition) is 2. The Morgan fingerprint density at radius 3 is 1.70 bits per heavy atom. The molecule has 0 unspecified atom stereocenters. The van der Waals surface area contributed by atoms with Crippen molar-refractivity contribution in [3.63, 3.8) is 0 Å². The number of benzene rings is 8. The Kier molecular flexibility index (Phi) is 7.19. The zero-order chi connectivity index (χ0) is 35.5. The van der Waals surface area contributed by atoms with Gasteiger partial charge in [-0.05, 0) is 86.5 Å². The van der Waals surface area contributed by atoms with Crippen LogP contribution >= 0.6 is 0 Å². The molecule has 1 aliphatic rings. The zero-order valence-corrected chi connectivity index (χ0v) is 29.8. The molecule has 0 saturated carbocycles. The van der Waals surface area contributed by atoms with Gasteiger partial charge in [0.25, 0.3) is 0 Å². The Hall–Kier alpha value is -6.64. The van der Waals surface area contributed by atoms with Gasteiger partial charge in [0.1, 0.15) is 11.2 Å². The van der Waals surface area contributed by atoms with E-state index < -0.39 is 0 Å². The maximum Gasteiger partial charge on any atom is 0.145 e. The van der Waals surface area contributed by atoms with Crippen molar-refractivity contribution >= 4 is 39.0 Å². The summed E-state index contributed by atoms with van der Waals surface area (Å²) in [6.45, 7) is 4.73. The minimum Gasteiger partial charge on any atom is -0.455 e. The highest BCUT2D eigenvalue weighted by Crippen LogP contribution is 2.55. The minimum absolute atomic E-state index is 0.206. The van der Waals surface area contributed by atoms with Crippen LogP contribution in [0.4, 0.5) is 17.1 Å². The van der Waals surface area contributed by atoms with E-state index in [1.165, 1.54) is 50.2 Å². The van der Waals surface area contributed by atoms with Crippen LogP contribution in [0.15, 0.2) is 192 Å². The summed E-state index contributed by atoms with van der Waals surface area (Å²) >= 11 is 0. The fraction of sp³-hybridized carbons (Fsp3) is 0.0588. The molecule has 8 aromatic carbocycles. The van der Waals surface area contributed by atoms with Crippen molar-refractivity contribution in [2.45, 2.75) is 19.3 Å². The van der Waals surface area contributed by atoms with Gasteiger partial charge in [0, 0.05) is 22.1 Å². The number of furan rings is 1. The van der Waals surface area contributed by atoms with Crippen LogP contribution in [0.2, 0.25) is 0 Å². The molecule has 1 heterocycles. The van der Waals surface area contributed by atoms with Crippen LogP contribution in [0, 0.1) is 0 Å². The average Bonchev–Trinajstić information content (AvgIpc) is 3.72. The molecule has 0 amide bonds. The topological polar surface area (TPSA) is 16.4 Å². The van der Waals surface area contributed by atoms with Gasteiger partial charge in [-0.15, -0.1) is 0 Å². The van der Waals surface area contributed by atoms with Gasteiger partial charge in [0.05, 0.1) is 16.8 Å². The first kappa shape index (κ1) is 31.1. The molecule has 9 aromatic rings. The monoisotopic (exact) mass is 679 g/mol. The quantitative estimate of drug-likeness (QED) is 0.174. The Labute approximate surface area is 310 Å². The fourth-order valence-corrected chi connectivity index (χ4v) is 8.54. The SMILES string of the molecule is CC1(C)c2ccccc2-c2cccc(N(c3ccc(-c4ccc(-c5ccccc5)cc4)cc3)c3ccc(-c4ccccc4)c4oc5ccccc5c34)c21. The molecular weight excluding hydrogens is 643 g/mol.